The molecular weight excluding hydrogens is 246 g/mol. The van der Waals surface area contributed by atoms with Crippen LogP contribution in [0.5, 0.6) is 0 Å². The molecule has 0 aliphatic carbocycles. The number of nitrogens with zero attached hydrogens (tertiary/aromatic N) is 1. The van der Waals surface area contributed by atoms with Gasteiger partial charge in [0.15, 0.2) is 0 Å². The number of oxazole rings is 1. The quantitative estimate of drug-likeness (QED) is 0.749. The van der Waals surface area contributed by atoms with Crippen LogP contribution < -0.4 is 10.6 Å². The smallest absolute Gasteiger partial charge is 0.294 e. The van der Waals surface area contributed by atoms with E-state index in [0.717, 1.165) is 5.69 Å². The molecule has 1 atom stereocenters. The Hall–Kier alpha value is -1.11. The molecule has 1 aromatic rings. The molecule has 1 heterocycles. The predicted octanol–water partition coefficient (Wildman–Crippen LogP) is 1.64. The first-order chi connectivity index (χ1) is 8.94. The molecule has 0 aliphatic rings. The Morgan fingerprint density at radius 3 is 2.68 bits per heavy atom. The highest BCUT2D eigenvalue weighted by Gasteiger charge is 2.12. The van der Waals surface area contributed by atoms with Gasteiger partial charge in [-0.1, -0.05) is 0 Å². The number of methoxy groups -OCH3 is 2. The Labute approximate surface area is 114 Å². The number of ether oxygens (including phenoxy) is 2. The molecule has 6 nitrogen and oxygen atoms in total. The van der Waals surface area contributed by atoms with Crippen LogP contribution in [0.4, 0.5) is 6.01 Å². The zero-order chi connectivity index (χ0) is 14.3. The van der Waals surface area contributed by atoms with Crippen molar-refractivity contribution in [1.29, 1.82) is 0 Å². The van der Waals surface area contributed by atoms with Crippen molar-refractivity contribution in [2.45, 2.75) is 39.0 Å². The molecule has 1 unspecified atom stereocenters. The maximum absolute atomic E-state index is 5.34. The molecule has 1 rings (SSSR count). The molecule has 0 saturated heterocycles. The molecule has 2 N–H and O–H groups in total. The van der Waals surface area contributed by atoms with Gasteiger partial charge in [0.2, 0.25) is 0 Å². The second kappa shape index (κ2) is 7.47. The molecule has 0 aromatic carbocycles. The van der Waals surface area contributed by atoms with Crippen LogP contribution in [0, 0.1) is 0 Å². The second-order valence-corrected chi connectivity index (χ2v) is 5.44. The summed E-state index contributed by atoms with van der Waals surface area (Å²) in [4.78, 5) is 4.34. The highest BCUT2D eigenvalue weighted by atomic mass is 16.5. The topological polar surface area (TPSA) is 68.5 Å². The largest absolute Gasteiger partial charge is 0.432 e. The van der Waals surface area contributed by atoms with Gasteiger partial charge in [-0.25, -0.2) is 0 Å². The van der Waals surface area contributed by atoms with E-state index in [0.29, 0.717) is 25.7 Å². The van der Waals surface area contributed by atoms with Crippen LogP contribution in [0.3, 0.4) is 0 Å². The van der Waals surface area contributed by atoms with Crippen molar-refractivity contribution in [2.24, 2.45) is 0 Å². The van der Waals surface area contributed by atoms with E-state index < -0.39 is 0 Å². The van der Waals surface area contributed by atoms with Gasteiger partial charge in [0.05, 0.1) is 18.4 Å². The number of hydrogen-bond donors (Lipinski definition) is 2. The molecule has 6 heteroatoms. The van der Waals surface area contributed by atoms with Crippen LogP contribution in [0.2, 0.25) is 0 Å². The van der Waals surface area contributed by atoms with Crippen molar-refractivity contribution < 1.29 is 13.9 Å². The van der Waals surface area contributed by atoms with E-state index in [2.05, 4.69) is 36.4 Å². The Morgan fingerprint density at radius 2 is 2.11 bits per heavy atom. The van der Waals surface area contributed by atoms with Crippen molar-refractivity contribution in [3.63, 3.8) is 0 Å². The van der Waals surface area contributed by atoms with Gasteiger partial charge >= 0.3 is 0 Å². The van der Waals surface area contributed by atoms with Gasteiger partial charge in [0, 0.05) is 32.8 Å². The summed E-state index contributed by atoms with van der Waals surface area (Å²) in [7, 11) is 3.30. The lowest BCUT2D eigenvalue weighted by Gasteiger charge is -2.19. The Balaban J connectivity index is 2.38. The molecule has 110 valence electrons. The van der Waals surface area contributed by atoms with Crippen LogP contribution >= 0.6 is 0 Å². The summed E-state index contributed by atoms with van der Waals surface area (Å²) in [5.41, 5.74) is 0.935. The van der Waals surface area contributed by atoms with Crippen molar-refractivity contribution in [3.05, 3.63) is 12.0 Å². The lowest BCUT2D eigenvalue weighted by Crippen LogP contribution is -2.35. The SMILES string of the molecule is COCC(CNc1nc(CNC(C)(C)C)co1)OC. The Kier molecular flexibility index (Phi) is 6.27. The predicted molar refractivity (Wildman–Crippen MR) is 74.3 cm³/mol. The van der Waals surface area contributed by atoms with Crippen LogP contribution in [-0.4, -0.2) is 44.0 Å². The van der Waals surface area contributed by atoms with E-state index in [4.69, 9.17) is 13.9 Å². The number of anilines is 1. The molecule has 0 fully saturated rings. The molecule has 0 amide bonds. The average Bonchev–Trinajstić information content (AvgIpc) is 2.79. The zero-order valence-electron chi connectivity index (χ0n) is 12.4. The average molecular weight is 271 g/mol. The summed E-state index contributed by atoms with van der Waals surface area (Å²) in [6.07, 6.45) is 1.63. The van der Waals surface area contributed by atoms with E-state index in [1.807, 2.05) is 0 Å². The standard InChI is InChI=1S/C13H25N3O3/c1-13(2,3)15-6-10-8-19-12(16-10)14-7-11(18-5)9-17-4/h8,11,15H,6-7,9H2,1-5H3,(H,14,16). The lowest BCUT2D eigenvalue weighted by atomic mass is 10.1. The third-order valence-corrected chi connectivity index (χ3v) is 2.52. The van der Waals surface area contributed by atoms with E-state index >= 15 is 0 Å². The lowest BCUT2D eigenvalue weighted by molar-refractivity contribution is 0.0363. The van der Waals surface area contributed by atoms with Crippen LogP contribution in [0.15, 0.2) is 10.7 Å². The third kappa shape index (κ3) is 6.56. The molecule has 0 radical (unpaired) electrons. The Bertz CT molecular complexity index is 360. The second-order valence-electron chi connectivity index (χ2n) is 5.44. The van der Waals surface area contributed by atoms with Crippen LogP contribution in [0.25, 0.3) is 0 Å². The number of rotatable bonds is 8. The summed E-state index contributed by atoms with van der Waals surface area (Å²) < 4.78 is 15.6. The van der Waals surface area contributed by atoms with Crippen molar-refractivity contribution in [2.75, 3.05) is 32.7 Å². The van der Waals surface area contributed by atoms with Crippen LogP contribution in [0.1, 0.15) is 26.5 Å². The molecule has 0 bridgehead atoms. The van der Waals surface area contributed by atoms with Gasteiger partial charge in [-0.2, -0.15) is 4.98 Å². The van der Waals surface area contributed by atoms with Crippen molar-refractivity contribution in [3.8, 4) is 0 Å². The van der Waals surface area contributed by atoms with Crippen LogP contribution in [-0.2, 0) is 16.0 Å². The monoisotopic (exact) mass is 271 g/mol. The highest BCUT2D eigenvalue weighted by Crippen LogP contribution is 2.09. The van der Waals surface area contributed by atoms with Crippen molar-refractivity contribution in [1.82, 2.24) is 10.3 Å². The molecule has 0 aliphatic heterocycles. The van der Waals surface area contributed by atoms with E-state index in [-0.39, 0.29) is 11.6 Å². The minimum absolute atomic E-state index is 0.0203. The zero-order valence-corrected chi connectivity index (χ0v) is 12.4. The third-order valence-electron chi connectivity index (χ3n) is 2.52. The number of aromatic nitrogens is 1. The summed E-state index contributed by atoms with van der Waals surface area (Å²) in [6, 6.07) is 0.504. The first kappa shape index (κ1) is 15.9. The van der Waals surface area contributed by atoms with E-state index in [1.54, 1.807) is 20.5 Å². The fourth-order valence-corrected chi connectivity index (χ4v) is 1.42. The fourth-order valence-electron chi connectivity index (χ4n) is 1.42. The number of nitrogens with one attached hydrogen (secondary N) is 2. The summed E-state index contributed by atoms with van der Waals surface area (Å²) in [5.74, 6) is 0. The molecule has 19 heavy (non-hydrogen) atoms. The fraction of sp³-hybridized carbons (Fsp3) is 0.769. The summed E-state index contributed by atoms with van der Waals surface area (Å²) in [6.45, 7) is 8.14. The maximum Gasteiger partial charge on any atom is 0.294 e. The first-order valence-electron chi connectivity index (χ1n) is 6.39. The molecular formula is C13H25N3O3. The van der Waals surface area contributed by atoms with E-state index in [1.165, 1.54) is 0 Å². The van der Waals surface area contributed by atoms with Gasteiger partial charge < -0.3 is 24.5 Å². The molecule has 0 saturated carbocycles. The van der Waals surface area contributed by atoms with Gasteiger partial charge in [0.1, 0.15) is 6.26 Å². The highest BCUT2D eigenvalue weighted by molar-refractivity contribution is 5.21. The minimum Gasteiger partial charge on any atom is -0.432 e. The van der Waals surface area contributed by atoms with Gasteiger partial charge in [0.25, 0.3) is 6.01 Å². The maximum atomic E-state index is 5.34. The minimum atomic E-state index is -0.0203. The molecule has 0 spiro atoms. The summed E-state index contributed by atoms with van der Waals surface area (Å²) >= 11 is 0. The van der Waals surface area contributed by atoms with Gasteiger partial charge in [-0.15, -0.1) is 0 Å². The van der Waals surface area contributed by atoms with Crippen molar-refractivity contribution >= 4 is 6.01 Å². The number of hydrogen-bond acceptors (Lipinski definition) is 6. The van der Waals surface area contributed by atoms with E-state index in [9.17, 15) is 0 Å². The van der Waals surface area contributed by atoms with Gasteiger partial charge in [-0.3, -0.25) is 0 Å². The summed E-state index contributed by atoms with van der Waals surface area (Å²) in [5, 5.41) is 6.44. The Morgan fingerprint density at radius 1 is 1.37 bits per heavy atom. The first-order valence-corrected chi connectivity index (χ1v) is 6.39. The molecule has 1 aromatic heterocycles. The van der Waals surface area contributed by atoms with Gasteiger partial charge in [-0.05, 0) is 20.8 Å². The normalized spacial score (nSPS) is 13.5.